The first-order valence-corrected chi connectivity index (χ1v) is 8.79. The zero-order valence-corrected chi connectivity index (χ0v) is 16.3. The zero-order valence-electron chi connectivity index (χ0n) is 20.5. The van der Waals surface area contributed by atoms with E-state index in [4.69, 9.17) is 28.5 Å². The molecule has 0 saturated heterocycles. The van der Waals surface area contributed by atoms with Crippen LogP contribution in [0, 0.1) is 0 Å². The summed E-state index contributed by atoms with van der Waals surface area (Å²) in [6.45, 7) is 0. The van der Waals surface area contributed by atoms with Crippen molar-refractivity contribution in [1.82, 2.24) is 10.2 Å². The minimum absolute atomic E-state index is 0.0273. The number of anilines is 2. The molecule has 2 aromatic carbocycles. The van der Waals surface area contributed by atoms with Gasteiger partial charge in [0, 0.05) is 21.9 Å². The predicted molar refractivity (Wildman–Crippen MR) is 105 cm³/mol. The Morgan fingerprint density at radius 3 is 2.66 bits per heavy atom. The summed E-state index contributed by atoms with van der Waals surface area (Å²) in [5.41, 5.74) is 0.722. The summed E-state index contributed by atoms with van der Waals surface area (Å²) in [5.74, 6) is -3.77. The molecule has 4 N–H and O–H groups in total. The van der Waals surface area contributed by atoms with Crippen molar-refractivity contribution in [2.75, 3.05) is 10.6 Å². The second-order valence-corrected chi connectivity index (χ2v) is 6.38. The van der Waals surface area contributed by atoms with Crippen LogP contribution in [0.2, 0.25) is 9.26 Å². The van der Waals surface area contributed by atoms with Crippen LogP contribution in [0.4, 0.5) is 24.5 Å². The highest BCUT2D eigenvalue weighted by molar-refractivity contribution is 6.31. The van der Waals surface area contributed by atoms with E-state index in [0.29, 0.717) is 16.0 Å². The maximum atomic E-state index is 12.8. The third-order valence-electron chi connectivity index (χ3n) is 3.71. The fourth-order valence-corrected chi connectivity index (χ4v) is 2.55. The fraction of sp³-hybridized carbons (Fsp3) is 0.0526. The number of aromatic amines is 1. The van der Waals surface area contributed by atoms with Crippen LogP contribution in [0.5, 0.6) is 5.75 Å². The highest BCUT2D eigenvalue weighted by Gasteiger charge is 2.29. The zero-order chi connectivity index (χ0) is 27.7. The van der Waals surface area contributed by atoms with Gasteiger partial charge in [-0.05, 0) is 42.5 Å². The van der Waals surface area contributed by atoms with Gasteiger partial charge < -0.3 is 25.6 Å². The van der Waals surface area contributed by atoms with E-state index in [9.17, 15) is 18.0 Å². The lowest BCUT2D eigenvalue weighted by Gasteiger charge is -2.17. The Bertz CT molecular complexity index is 1390. The van der Waals surface area contributed by atoms with Crippen LogP contribution in [-0.4, -0.2) is 34.8 Å². The Labute approximate surface area is 190 Å². The number of carbonyl (C=O) groups excluding carboxylic acids is 2. The van der Waals surface area contributed by atoms with Gasteiger partial charge in [0.2, 0.25) is 6.33 Å². The summed E-state index contributed by atoms with van der Waals surface area (Å²) in [5, 5.41) is 19.5. The van der Waals surface area contributed by atoms with Gasteiger partial charge in [0.15, 0.2) is 2.82 Å². The Balaban J connectivity index is 0.000000479. The molecule has 1 amide bonds. The number of halogens is 4. The molecular weight excluding hydrogens is 455 g/mol. The summed E-state index contributed by atoms with van der Waals surface area (Å²) in [6, 6.07) is 9.66. The van der Waals surface area contributed by atoms with Gasteiger partial charge in [0.25, 0.3) is 7.34 Å². The third kappa shape index (κ3) is 5.35. The van der Waals surface area contributed by atoms with E-state index < -0.39 is 24.1 Å². The van der Waals surface area contributed by atoms with E-state index >= 15 is 0 Å². The van der Waals surface area contributed by atoms with E-state index in [0.717, 1.165) is 10.4 Å². The number of amides is 1. The molecule has 3 aromatic rings. The summed E-state index contributed by atoms with van der Waals surface area (Å²) in [4.78, 5) is 21.6. The monoisotopic (exact) mass is 472 g/mol. The van der Waals surface area contributed by atoms with Gasteiger partial charge >= 0.3 is 13.4 Å². The first-order chi connectivity index (χ1) is 17.3. The number of hydrogen-bond acceptors (Lipinski definition) is 6. The number of hydrogen-bond donors (Lipinski definition) is 4. The molecule has 0 fully saturated rings. The molecule has 32 heavy (non-hydrogen) atoms. The molecule has 0 radical (unpaired) electrons. The number of fused-ring (bicyclic) bond motifs is 3. The summed E-state index contributed by atoms with van der Waals surface area (Å²) in [7, 11) is 0. The molecule has 0 spiro atoms. The van der Waals surface area contributed by atoms with Crippen molar-refractivity contribution in [1.29, 1.82) is 1.43 Å². The van der Waals surface area contributed by atoms with Crippen molar-refractivity contribution in [3.05, 3.63) is 65.7 Å². The number of aliphatic carboxylic acids is 1. The van der Waals surface area contributed by atoms with Gasteiger partial charge in [-0.15, -0.1) is 5.09 Å². The van der Waals surface area contributed by atoms with Crippen molar-refractivity contribution >= 4 is 40.5 Å². The van der Waals surface area contributed by atoms with Gasteiger partial charge in [0.1, 0.15) is 23.1 Å². The summed E-state index contributed by atoms with van der Waals surface area (Å²) < 4.78 is 72.6. The SMILES string of the molecule is O=C([O-])C(F)(F)F.[2H]Oc1ccc(N([2H])C(=O)/C([2H])=C2/c3nn([2H])c[n+]3-c3ccc(Cl)cc3N2[2H])cc1. The number of alkyl halides is 3. The van der Waals surface area contributed by atoms with Crippen LogP contribution >= 0.6 is 11.6 Å². The van der Waals surface area contributed by atoms with Crippen LogP contribution in [0.3, 0.4) is 0 Å². The largest absolute Gasteiger partial charge is 0.542 e. The van der Waals surface area contributed by atoms with Gasteiger partial charge in [-0.25, -0.2) is 0 Å². The average Bonchev–Trinajstić information content (AvgIpc) is 3.23. The molecule has 4 rings (SSSR count). The number of aromatic hydroxyl groups is 1. The van der Waals surface area contributed by atoms with Crippen molar-refractivity contribution < 1.29 is 43.1 Å². The maximum absolute atomic E-state index is 12.8. The predicted octanol–water partition coefficient (Wildman–Crippen LogP) is 1.75. The lowest BCUT2D eigenvalue weighted by atomic mass is 10.2. The molecule has 1 aliphatic heterocycles. The molecule has 0 saturated carbocycles. The average molecular weight is 473 g/mol. The topological polar surface area (TPSA) is 134 Å². The number of benzene rings is 2. The number of carbonyl (C=O) groups is 2. The van der Waals surface area contributed by atoms with Crippen molar-refractivity contribution in [3.63, 3.8) is 0 Å². The van der Waals surface area contributed by atoms with Crippen LogP contribution in [0.25, 0.3) is 11.4 Å². The van der Waals surface area contributed by atoms with Crippen LogP contribution in [-0.2, 0) is 9.59 Å². The maximum Gasteiger partial charge on any atom is 0.430 e. The number of H-pyrrole nitrogens is 1. The Morgan fingerprint density at radius 1 is 1.34 bits per heavy atom. The fourth-order valence-electron chi connectivity index (χ4n) is 2.38. The minimum atomic E-state index is -5.19. The Hall–Kier alpha value is -4.06. The number of nitrogens with zero attached hydrogens (tertiary/aromatic N) is 2. The van der Waals surface area contributed by atoms with Crippen LogP contribution in [0.1, 0.15) is 7.20 Å². The molecule has 13 heteroatoms. The smallest absolute Gasteiger partial charge is 0.430 e. The molecular formula is C19H13ClF3N5O4. The van der Waals surface area contributed by atoms with Gasteiger partial charge in [-0.3, -0.25) is 4.79 Å². The normalized spacial score (nSPS) is 15.9. The standard InChI is InChI=1S/C17H12ClN5O2.C2HF3O2/c18-10-1-6-15-13(7-10)21-14(17-22-19-9-23(15)17)8-16(25)20-11-2-4-12(24)5-3-11;3-2(4,5)1(6)7/h1-9H,(H3,20,21,22,24,25);(H,6,7)/i8D;/hD4. The molecule has 1 aromatic heterocycles. The third-order valence-corrected chi connectivity index (χ3v) is 3.95. The molecule has 0 bridgehead atoms. The van der Waals surface area contributed by atoms with E-state index in [-0.39, 0.29) is 28.6 Å². The molecule has 166 valence electrons. The Morgan fingerprint density at radius 2 is 2.03 bits per heavy atom. The molecule has 2 heterocycles. The number of carboxylic acids is 1. The van der Waals surface area contributed by atoms with E-state index in [1.807, 2.05) is 0 Å². The molecule has 0 aliphatic carbocycles. The number of carboxylic acid groups (broad SMARTS) is 1. The highest BCUT2D eigenvalue weighted by atomic mass is 35.5. The first kappa shape index (κ1) is 16.6. The second kappa shape index (κ2) is 8.98. The number of aromatic nitrogens is 3. The number of nitrogens with one attached hydrogen (secondary N) is 3. The van der Waals surface area contributed by atoms with Crippen LogP contribution < -0.4 is 20.3 Å². The van der Waals surface area contributed by atoms with Crippen molar-refractivity contribution in [3.8, 4) is 11.4 Å². The first-order valence-electron chi connectivity index (χ1n) is 10.7. The van der Waals surface area contributed by atoms with E-state index in [1.54, 1.807) is 12.1 Å². The molecule has 9 nitrogen and oxygen atoms in total. The summed E-state index contributed by atoms with van der Waals surface area (Å²) >= 11 is 6.05. The minimum Gasteiger partial charge on any atom is -0.542 e. The number of phenols is 1. The molecule has 1 aliphatic rings. The van der Waals surface area contributed by atoms with Gasteiger partial charge in [-0.2, -0.15) is 17.7 Å². The van der Waals surface area contributed by atoms with Crippen molar-refractivity contribution in [2.45, 2.75) is 6.18 Å². The van der Waals surface area contributed by atoms with E-state index in [1.165, 1.54) is 41.2 Å². The number of rotatable bonds is 3. The Kier molecular flexibility index (Phi) is 4.66. The quantitative estimate of drug-likeness (QED) is 0.261. The highest BCUT2D eigenvalue weighted by Crippen LogP contribution is 2.28. The van der Waals surface area contributed by atoms with E-state index in [2.05, 4.69) is 10.2 Å². The number of phenolic OH excluding ortho intramolecular Hbond substituents is 1. The lowest BCUT2D eigenvalue weighted by Crippen LogP contribution is -2.38. The van der Waals surface area contributed by atoms with Crippen LogP contribution in [0.15, 0.2) is 54.8 Å². The lowest BCUT2D eigenvalue weighted by molar-refractivity contribution is -0.598. The summed E-state index contributed by atoms with van der Waals surface area (Å²) in [6.07, 6.45) is -3.87. The second-order valence-electron chi connectivity index (χ2n) is 5.94. The molecule has 0 unspecified atom stereocenters. The van der Waals surface area contributed by atoms with Crippen molar-refractivity contribution in [2.24, 2.45) is 0 Å². The van der Waals surface area contributed by atoms with Gasteiger partial charge in [-0.1, -0.05) is 11.6 Å². The van der Waals surface area contributed by atoms with Gasteiger partial charge in [0.05, 0.1) is 7.06 Å². The molecule has 0 atom stereocenters.